The first-order valence-electron chi connectivity index (χ1n) is 11.5. The minimum absolute atomic E-state index is 0.0284. The number of carbonyl (C=O) groups is 1. The highest BCUT2D eigenvalue weighted by atomic mass is 19.1. The number of anilines is 2. The van der Waals surface area contributed by atoms with Gasteiger partial charge in [-0.3, -0.25) is 9.69 Å². The van der Waals surface area contributed by atoms with E-state index < -0.39 is 0 Å². The van der Waals surface area contributed by atoms with Gasteiger partial charge in [0.05, 0.1) is 0 Å². The number of hydrogen-bond acceptors (Lipinski definition) is 3. The normalized spacial score (nSPS) is 14.8. The molecule has 3 aromatic carbocycles. The molecule has 0 N–H and O–H groups in total. The number of hydrogen-bond donors (Lipinski definition) is 0. The lowest BCUT2D eigenvalue weighted by molar-refractivity contribution is 0.0958. The van der Waals surface area contributed by atoms with Gasteiger partial charge in [0.25, 0.3) is 5.91 Å². The second kappa shape index (κ2) is 10.2. The Balaban J connectivity index is 1.47. The van der Waals surface area contributed by atoms with E-state index >= 15 is 0 Å². The Bertz CT molecular complexity index is 1050. The van der Waals surface area contributed by atoms with E-state index in [-0.39, 0.29) is 17.8 Å². The van der Waals surface area contributed by atoms with Crippen LogP contribution in [0.25, 0.3) is 0 Å². The van der Waals surface area contributed by atoms with Crippen molar-refractivity contribution in [3.8, 4) is 0 Å². The number of likely N-dealkylation sites (tertiary alicyclic amines) is 1. The van der Waals surface area contributed by atoms with Crippen LogP contribution in [0.4, 0.5) is 15.8 Å². The third-order valence-electron chi connectivity index (χ3n) is 6.40. The molecule has 3 aromatic rings. The van der Waals surface area contributed by atoms with Gasteiger partial charge in [-0.25, -0.2) is 4.39 Å². The van der Waals surface area contributed by atoms with Gasteiger partial charge in [-0.1, -0.05) is 29.8 Å². The van der Waals surface area contributed by atoms with Crippen LogP contribution in [0.2, 0.25) is 0 Å². The first-order chi connectivity index (χ1) is 15.9. The van der Waals surface area contributed by atoms with E-state index in [2.05, 4.69) is 34.1 Å². The molecule has 1 fully saturated rings. The van der Waals surface area contributed by atoms with Crippen LogP contribution in [-0.4, -0.2) is 44.0 Å². The SMILES string of the molecule is Cc1ccc(C(=O)N(c2ccc(F)cc2)C2CCN(Cc3ccc(N(C)C)cc3)CC2)cc1. The molecule has 1 saturated heterocycles. The summed E-state index contributed by atoms with van der Waals surface area (Å²) in [6, 6.07) is 22.7. The fraction of sp³-hybridized carbons (Fsp3) is 0.321. The Morgan fingerprint density at radius 1 is 0.879 bits per heavy atom. The third-order valence-corrected chi connectivity index (χ3v) is 6.40. The molecule has 0 aromatic heterocycles. The van der Waals surface area contributed by atoms with Crippen LogP contribution in [0.3, 0.4) is 0 Å². The number of amides is 1. The molecule has 4 nitrogen and oxygen atoms in total. The first-order valence-corrected chi connectivity index (χ1v) is 11.5. The summed E-state index contributed by atoms with van der Waals surface area (Å²) in [5.74, 6) is -0.323. The van der Waals surface area contributed by atoms with Crippen molar-refractivity contribution in [3.05, 3.63) is 95.3 Å². The van der Waals surface area contributed by atoms with E-state index in [9.17, 15) is 9.18 Å². The van der Waals surface area contributed by atoms with Crippen LogP contribution in [0.15, 0.2) is 72.8 Å². The van der Waals surface area contributed by atoms with Crippen LogP contribution in [0.1, 0.15) is 34.3 Å². The van der Waals surface area contributed by atoms with Gasteiger partial charge in [-0.2, -0.15) is 0 Å². The van der Waals surface area contributed by atoms with E-state index in [1.54, 1.807) is 12.1 Å². The summed E-state index contributed by atoms with van der Waals surface area (Å²) in [6.45, 7) is 4.75. The standard InChI is InChI=1S/C28H32FN3O/c1-21-4-8-23(9-5-21)28(33)32(26-14-10-24(29)11-15-26)27-16-18-31(19-17-27)20-22-6-12-25(13-7-22)30(2)3/h4-15,27H,16-20H2,1-3H3. The molecule has 0 unspecified atom stereocenters. The van der Waals surface area contributed by atoms with E-state index in [4.69, 9.17) is 0 Å². The fourth-order valence-corrected chi connectivity index (χ4v) is 4.42. The van der Waals surface area contributed by atoms with Gasteiger partial charge < -0.3 is 9.80 Å². The quantitative estimate of drug-likeness (QED) is 0.500. The molecule has 1 heterocycles. The van der Waals surface area contributed by atoms with Crippen molar-refractivity contribution in [1.29, 1.82) is 0 Å². The number of nitrogens with zero attached hydrogens (tertiary/aromatic N) is 3. The molecule has 0 atom stereocenters. The molecule has 1 amide bonds. The minimum atomic E-state index is -0.295. The van der Waals surface area contributed by atoms with Crippen LogP contribution >= 0.6 is 0 Å². The topological polar surface area (TPSA) is 26.8 Å². The summed E-state index contributed by atoms with van der Waals surface area (Å²) in [4.78, 5) is 19.9. The number of aryl methyl sites for hydroxylation is 1. The van der Waals surface area contributed by atoms with Crippen molar-refractivity contribution in [2.45, 2.75) is 32.4 Å². The molecule has 172 valence electrons. The van der Waals surface area contributed by atoms with Crippen LogP contribution in [0, 0.1) is 12.7 Å². The largest absolute Gasteiger partial charge is 0.378 e. The number of piperidine rings is 1. The monoisotopic (exact) mass is 445 g/mol. The van der Waals surface area contributed by atoms with Crippen molar-refractivity contribution >= 4 is 17.3 Å². The molecule has 0 bridgehead atoms. The molecule has 0 radical (unpaired) electrons. The van der Waals surface area contributed by atoms with E-state index in [1.807, 2.05) is 50.2 Å². The number of benzene rings is 3. The third kappa shape index (κ3) is 5.60. The summed E-state index contributed by atoms with van der Waals surface area (Å²) < 4.78 is 13.6. The summed E-state index contributed by atoms with van der Waals surface area (Å²) in [6.07, 6.45) is 1.76. The zero-order valence-corrected chi connectivity index (χ0v) is 19.7. The van der Waals surface area contributed by atoms with Gasteiger partial charge in [0.2, 0.25) is 0 Å². The highest BCUT2D eigenvalue weighted by Crippen LogP contribution is 2.27. The average Bonchev–Trinajstić information content (AvgIpc) is 2.82. The molecular weight excluding hydrogens is 413 g/mol. The average molecular weight is 446 g/mol. The van der Waals surface area contributed by atoms with E-state index in [0.717, 1.165) is 43.7 Å². The van der Waals surface area contributed by atoms with Crippen LogP contribution in [0.5, 0.6) is 0 Å². The van der Waals surface area contributed by atoms with E-state index in [0.29, 0.717) is 5.56 Å². The lowest BCUT2D eigenvalue weighted by Gasteiger charge is -2.38. The van der Waals surface area contributed by atoms with Gasteiger partial charge in [-0.05, 0) is 73.9 Å². The molecule has 0 aliphatic carbocycles. The van der Waals surface area contributed by atoms with Crippen molar-refractivity contribution in [3.63, 3.8) is 0 Å². The maximum atomic E-state index is 13.6. The van der Waals surface area contributed by atoms with Gasteiger partial charge in [0.1, 0.15) is 5.82 Å². The smallest absolute Gasteiger partial charge is 0.258 e. The second-order valence-electron chi connectivity index (χ2n) is 9.09. The predicted octanol–water partition coefficient (Wildman–Crippen LogP) is 5.51. The van der Waals surface area contributed by atoms with Gasteiger partial charge in [-0.15, -0.1) is 0 Å². The van der Waals surface area contributed by atoms with Crippen LogP contribution < -0.4 is 9.80 Å². The highest BCUT2D eigenvalue weighted by Gasteiger charge is 2.30. The highest BCUT2D eigenvalue weighted by molar-refractivity contribution is 6.06. The molecule has 5 heteroatoms. The molecule has 1 aliphatic rings. The Morgan fingerprint density at radius 3 is 2.03 bits per heavy atom. The summed E-state index contributed by atoms with van der Waals surface area (Å²) >= 11 is 0. The minimum Gasteiger partial charge on any atom is -0.378 e. The van der Waals surface area contributed by atoms with Gasteiger partial charge in [0, 0.05) is 56.7 Å². The van der Waals surface area contributed by atoms with Gasteiger partial charge in [0.15, 0.2) is 0 Å². The Labute approximate surface area is 196 Å². The van der Waals surface area contributed by atoms with Crippen molar-refractivity contribution in [2.75, 3.05) is 37.0 Å². The molecule has 4 rings (SSSR count). The van der Waals surface area contributed by atoms with Crippen molar-refractivity contribution in [2.24, 2.45) is 0 Å². The molecule has 0 spiro atoms. The zero-order valence-electron chi connectivity index (χ0n) is 19.7. The van der Waals surface area contributed by atoms with Crippen LogP contribution in [-0.2, 0) is 6.54 Å². The maximum absolute atomic E-state index is 13.6. The second-order valence-corrected chi connectivity index (χ2v) is 9.09. The summed E-state index contributed by atoms with van der Waals surface area (Å²) in [5, 5.41) is 0. The molecule has 1 aliphatic heterocycles. The number of rotatable bonds is 6. The lowest BCUT2D eigenvalue weighted by atomic mass is 10.00. The van der Waals surface area contributed by atoms with Gasteiger partial charge >= 0.3 is 0 Å². The fourth-order valence-electron chi connectivity index (χ4n) is 4.42. The Morgan fingerprint density at radius 2 is 1.45 bits per heavy atom. The zero-order chi connectivity index (χ0) is 23.4. The van der Waals surface area contributed by atoms with E-state index in [1.165, 1.54) is 23.4 Å². The Hall–Kier alpha value is -3.18. The summed E-state index contributed by atoms with van der Waals surface area (Å²) in [5.41, 5.74) is 5.02. The maximum Gasteiger partial charge on any atom is 0.258 e. The summed E-state index contributed by atoms with van der Waals surface area (Å²) in [7, 11) is 4.09. The van der Waals surface area contributed by atoms with Crippen molar-refractivity contribution < 1.29 is 9.18 Å². The Kier molecular flexibility index (Phi) is 7.09. The lowest BCUT2D eigenvalue weighted by Crippen LogP contribution is -2.47. The predicted molar refractivity (Wildman–Crippen MR) is 133 cm³/mol. The first kappa shape index (κ1) is 23.0. The number of carbonyl (C=O) groups excluding carboxylic acids is 1. The number of halogens is 1. The molecule has 0 saturated carbocycles. The molecule has 33 heavy (non-hydrogen) atoms. The molecular formula is C28H32FN3O. The van der Waals surface area contributed by atoms with Crippen molar-refractivity contribution in [1.82, 2.24) is 4.90 Å².